The summed E-state index contributed by atoms with van der Waals surface area (Å²) in [5.41, 5.74) is 2.47. The number of fused-ring (bicyclic) bond motifs is 1. The number of carbonyl (C=O) groups excluding carboxylic acids is 2. The zero-order chi connectivity index (χ0) is 31.5. The SMILES string of the molecule is CCOC(=O)C(CC)NP(=O)(COCCn1cnc2c(NC3CC3)nc(Cc3ccccc3)nc21)NC(CC)C(=O)OCC. The van der Waals surface area contributed by atoms with Crippen LogP contribution in [0.2, 0.25) is 0 Å². The molecule has 14 heteroatoms. The molecule has 3 N–H and O–H groups in total. The molecule has 13 nitrogen and oxygen atoms in total. The molecule has 0 amide bonds. The summed E-state index contributed by atoms with van der Waals surface area (Å²) in [4.78, 5) is 39.2. The number of benzene rings is 1. The summed E-state index contributed by atoms with van der Waals surface area (Å²) in [5, 5.41) is 9.28. The fourth-order valence-corrected chi connectivity index (χ4v) is 6.80. The number of carbonyl (C=O) groups is 2. The van der Waals surface area contributed by atoms with E-state index >= 15 is 0 Å². The van der Waals surface area contributed by atoms with Crippen LogP contribution in [0.15, 0.2) is 36.7 Å². The Kier molecular flexibility index (Phi) is 12.2. The van der Waals surface area contributed by atoms with Crippen molar-refractivity contribution in [2.75, 3.05) is 31.5 Å². The summed E-state index contributed by atoms with van der Waals surface area (Å²) in [6, 6.07) is 8.76. The second kappa shape index (κ2) is 16.1. The van der Waals surface area contributed by atoms with Gasteiger partial charge in [0.15, 0.2) is 11.5 Å². The topological polar surface area (TPSA) is 159 Å². The third kappa shape index (κ3) is 9.31. The Hall–Kier alpha value is -3.38. The molecule has 2 aromatic heterocycles. The third-order valence-electron chi connectivity index (χ3n) is 7.07. The fourth-order valence-electron chi connectivity index (χ4n) is 4.61. The van der Waals surface area contributed by atoms with Gasteiger partial charge in [-0.3, -0.25) is 14.2 Å². The molecule has 4 rings (SSSR count). The molecule has 1 aliphatic rings. The zero-order valence-corrected chi connectivity index (χ0v) is 26.8. The van der Waals surface area contributed by atoms with E-state index in [4.69, 9.17) is 24.2 Å². The van der Waals surface area contributed by atoms with Crippen LogP contribution in [0.4, 0.5) is 5.82 Å². The van der Waals surface area contributed by atoms with E-state index in [1.165, 1.54) is 0 Å². The lowest BCUT2D eigenvalue weighted by Gasteiger charge is -2.28. The predicted octanol–water partition coefficient (Wildman–Crippen LogP) is 4.02. The monoisotopic (exact) mass is 629 g/mol. The number of hydrogen-bond donors (Lipinski definition) is 3. The fraction of sp³-hybridized carbons (Fsp3) is 0.567. The van der Waals surface area contributed by atoms with E-state index in [0.717, 1.165) is 24.2 Å². The van der Waals surface area contributed by atoms with Gasteiger partial charge in [-0.2, -0.15) is 0 Å². The maximum absolute atomic E-state index is 14.1. The smallest absolute Gasteiger partial charge is 0.323 e. The Balaban J connectivity index is 1.48. The van der Waals surface area contributed by atoms with Crippen LogP contribution in [0.3, 0.4) is 0 Å². The zero-order valence-electron chi connectivity index (χ0n) is 26.0. The molecule has 0 aliphatic heterocycles. The van der Waals surface area contributed by atoms with E-state index in [1.54, 1.807) is 34.0 Å². The summed E-state index contributed by atoms with van der Waals surface area (Å²) in [6.07, 6.45) is 4.88. The minimum Gasteiger partial charge on any atom is -0.465 e. The van der Waals surface area contributed by atoms with Gasteiger partial charge in [-0.25, -0.2) is 25.1 Å². The van der Waals surface area contributed by atoms with Crippen molar-refractivity contribution in [1.29, 1.82) is 0 Å². The van der Waals surface area contributed by atoms with Crippen LogP contribution >= 0.6 is 7.44 Å². The highest BCUT2D eigenvalue weighted by molar-refractivity contribution is 7.59. The third-order valence-corrected chi connectivity index (χ3v) is 9.07. The second-order valence-corrected chi connectivity index (χ2v) is 12.9. The van der Waals surface area contributed by atoms with Crippen molar-refractivity contribution in [2.24, 2.45) is 0 Å². The number of ether oxygens (including phenoxy) is 3. The van der Waals surface area contributed by atoms with Gasteiger partial charge in [0, 0.05) is 19.0 Å². The molecular weight excluding hydrogens is 585 g/mol. The number of rotatable bonds is 19. The van der Waals surface area contributed by atoms with Gasteiger partial charge in [-0.1, -0.05) is 44.2 Å². The van der Waals surface area contributed by atoms with Gasteiger partial charge in [0.05, 0.1) is 26.1 Å². The largest absolute Gasteiger partial charge is 0.465 e. The molecule has 1 aromatic carbocycles. The second-order valence-electron chi connectivity index (χ2n) is 10.6. The van der Waals surface area contributed by atoms with E-state index < -0.39 is 31.5 Å². The molecule has 2 atom stereocenters. The van der Waals surface area contributed by atoms with Crippen LogP contribution in [0.25, 0.3) is 11.2 Å². The van der Waals surface area contributed by atoms with E-state index in [0.29, 0.717) is 48.8 Å². The first-order valence-corrected chi connectivity index (χ1v) is 17.3. The van der Waals surface area contributed by atoms with E-state index in [9.17, 15) is 14.2 Å². The Morgan fingerprint density at radius 3 is 2.18 bits per heavy atom. The lowest BCUT2D eigenvalue weighted by atomic mass is 10.1. The quantitative estimate of drug-likeness (QED) is 0.0995. The number of nitrogens with one attached hydrogen (secondary N) is 3. The molecule has 0 bridgehead atoms. The van der Waals surface area contributed by atoms with Crippen molar-refractivity contribution < 1.29 is 28.4 Å². The minimum atomic E-state index is -3.62. The number of hydrogen-bond acceptors (Lipinski definition) is 10. The molecular formula is C30H44N7O6P. The summed E-state index contributed by atoms with van der Waals surface area (Å²) in [7, 11) is -3.62. The van der Waals surface area contributed by atoms with E-state index in [-0.39, 0.29) is 26.2 Å². The molecule has 1 fully saturated rings. The number of aromatic nitrogens is 4. The Morgan fingerprint density at radius 2 is 1.61 bits per heavy atom. The van der Waals surface area contributed by atoms with Crippen LogP contribution in [0, 0.1) is 0 Å². The standard InChI is InChI=1S/C30H44N7O6P/c1-5-23(29(38)42-7-3)35-44(40,36-24(6-2)30(39)43-8-4)20-41-17-16-37-19-31-26-27(32-22-14-15-22)33-25(34-28(26)37)18-21-12-10-9-11-13-21/h9-13,19,22-24H,5-8,14-18,20H2,1-4H3,(H,32,33,34)(H2,35,36,40). The van der Waals surface area contributed by atoms with Crippen LogP contribution < -0.4 is 15.5 Å². The van der Waals surface area contributed by atoms with Gasteiger partial charge in [-0.15, -0.1) is 0 Å². The summed E-state index contributed by atoms with van der Waals surface area (Å²) < 4.78 is 32.2. The molecule has 0 saturated heterocycles. The summed E-state index contributed by atoms with van der Waals surface area (Å²) in [5.74, 6) is 0.358. The number of esters is 2. The average molecular weight is 630 g/mol. The van der Waals surface area contributed by atoms with Crippen LogP contribution in [0.5, 0.6) is 0 Å². The van der Waals surface area contributed by atoms with Crippen LogP contribution in [-0.2, 0) is 41.3 Å². The highest BCUT2D eigenvalue weighted by Gasteiger charge is 2.34. The molecule has 2 unspecified atom stereocenters. The van der Waals surface area contributed by atoms with Gasteiger partial charge in [0.25, 0.3) is 0 Å². The first-order chi connectivity index (χ1) is 21.3. The van der Waals surface area contributed by atoms with Crippen LogP contribution in [0.1, 0.15) is 64.8 Å². The van der Waals surface area contributed by atoms with Gasteiger partial charge in [-0.05, 0) is 45.1 Å². The normalized spacial score (nSPS) is 15.8. The summed E-state index contributed by atoms with van der Waals surface area (Å²) >= 11 is 0. The maximum atomic E-state index is 14.1. The van der Waals surface area contributed by atoms with Crippen molar-refractivity contribution in [2.45, 2.75) is 84.5 Å². The van der Waals surface area contributed by atoms with Crippen molar-refractivity contribution in [3.8, 4) is 0 Å². The van der Waals surface area contributed by atoms with Gasteiger partial charge in [0.1, 0.15) is 29.8 Å². The van der Waals surface area contributed by atoms with Gasteiger partial charge in [0.2, 0.25) is 7.44 Å². The molecule has 0 spiro atoms. The molecule has 240 valence electrons. The summed E-state index contributed by atoms with van der Waals surface area (Å²) in [6.45, 7) is 7.93. The van der Waals surface area contributed by atoms with Gasteiger partial charge >= 0.3 is 11.9 Å². The molecule has 1 saturated carbocycles. The first-order valence-electron chi connectivity index (χ1n) is 15.4. The molecule has 1 aliphatic carbocycles. The van der Waals surface area contributed by atoms with Crippen molar-refractivity contribution >= 4 is 36.4 Å². The van der Waals surface area contributed by atoms with Crippen molar-refractivity contribution in [3.63, 3.8) is 0 Å². The average Bonchev–Trinajstić information content (AvgIpc) is 3.74. The van der Waals surface area contributed by atoms with E-state index in [2.05, 4.69) is 20.5 Å². The van der Waals surface area contributed by atoms with E-state index in [1.807, 2.05) is 34.9 Å². The maximum Gasteiger partial charge on any atom is 0.323 e. The molecule has 0 radical (unpaired) electrons. The number of anilines is 1. The van der Waals surface area contributed by atoms with Crippen molar-refractivity contribution in [3.05, 3.63) is 48.0 Å². The Labute approximate surface area is 258 Å². The lowest BCUT2D eigenvalue weighted by Crippen LogP contribution is -2.44. The molecule has 3 aromatic rings. The number of nitrogens with zero attached hydrogens (tertiary/aromatic N) is 4. The lowest BCUT2D eigenvalue weighted by molar-refractivity contribution is -0.145. The predicted molar refractivity (Wildman–Crippen MR) is 167 cm³/mol. The molecule has 2 heterocycles. The Morgan fingerprint density at radius 1 is 0.977 bits per heavy atom. The highest BCUT2D eigenvalue weighted by atomic mass is 31.2. The van der Waals surface area contributed by atoms with Crippen LogP contribution in [-0.4, -0.2) is 75.8 Å². The minimum absolute atomic E-state index is 0.175. The molecule has 44 heavy (non-hydrogen) atoms. The first kappa shape index (κ1) is 33.5. The number of imidazole rings is 1. The van der Waals surface area contributed by atoms with Gasteiger partial charge < -0.3 is 24.1 Å². The Bertz CT molecular complexity index is 1400. The highest BCUT2D eigenvalue weighted by Crippen LogP contribution is 2.38. The van der Waals surface area contributed by atoms with Crippen molar-refractivity contribution in [1.82, 2.24) is 29.7 Å².